The number of nitrogens with one attached hydrogen (secondary N) is 1. The van der Waals surface area contributed by atoms with E-state index in [-0.39, 0.29) is 0 Å². The van der Waals surface area contributed by atoms with E-state index in [9.17, 15) is 0 Å². The maximum Gasteiger partial charge on any atom is 0.0886 e. The van der Waals surface area contributed by atoms with Crippen molar-refractivity contribution in [2.45, 2.75) is 33.1 Å². The number of ether oxygens (including phenoxy) is 1. The van der Waals surface area contributed by atoms with Crippen molar-refractivity contribution < 1.29 is 4.74 Å². The summed E-state index contributed by atoms with van der Waals surface area (Å²) in [5.74, 6) is 1.03. The number of hydrogen-bond acceptors (Lipinski definition) is 2. The third-order valence-electron chi connectivity index (χ3n) is 1.81. The molecule has 12 heavy (non-hydrogen) atoms. The predicted octanol–water partition coefficient (Wildman–Crippen LogP) is 2.32. The molecule has 0 heterocycles. The predicted molar refractivity (Wildman–Crippen MR) is 53.2 cm³/mol. The molecule has 1 N–H and O–H groups in total. The highest BCUT2D eigenvalue weighted by Crippen LogP contribution is 1.99. The third-order valence-corrected chi connectivity index (χ3v) is 1.81. The van der Waals surface area contributed by atoms with Gasteiger partial charge in [-0.05, 0) is 46.7 Å². The molecule has 2 heteroatoms. The summed E-state index contributed by atoms with van der Waals surface area (Å²) in [4.78, 5) is 0. The topological polar surface area (TPSA) is 21.3 Å². The van der Waals surface area contributed by atoms with Crippen LogP contribution in [0.15, 0.2) is 11.8 Å². The Hall–Kier alpha value is -0.500. The van der Waals surface area contributed by atoms with Gasteiger partial charge in [0.1, 0.15) is 0 Å². The van der Waals surface area contributed by atoms with Crippen LogP contribution in [-0.2, 0) is 4.74 Å². The smallest absolute Gasteiger partial charge is 0.0886 e. The van der Waals surface area contributed by atoms with Crippen LogP contribution >= 0.6 is 0 Å². The van der Waals surface area contributed by atoms with Gasteiger partial charge in [-0.15, -0.1) is 0 Å². The summed E-state index contributed by atoms with van der Waals surface area (Å²) in [6.45, 7) is 5.96. The van der Waals surface area contributed by atoms with Crippen molar-refractivity contribution in [3.8, 4) is 0 Å². The lowest BCUT2D eigenvalue weighted by atomic mass is 10.2. The van der Waals surface area contributed by atoms with Crippen LogP contribution < -0.4 is 5.32 Å². The summed E-state index contributed by atoms with van der Waals surface area (Å²) >= 11 is 0. The maximum atomic E-state index is 5.41. The largest absolute Gasteiger partial charge is 0.499 e. The van der Waals surface area contributed by atoms with Crippen LogP contribution in [0, 0.1) is 0 Å². The van der Waals surface area contributed by atoms with Gasteiger partial charge in [-0.25, -0.2) is 0 Å². The Morgan fingerprint density at radius 2 is 2.08 bits per heavy atom. The van der Waals surface area contributed by atoms with E-state index in [4.69, 9.17) is 4.74 Å². The Labute approximate surface area is 76.0 Å². The maximum absolute atomic E-state index is 5.41. The quantitative estimate of drug-likeness (QED) is 0.469. The zero-order chi connectivity index (χ0) is 9.23. The molecular formula is C10H21NO. The lowest BCUT2D eigenvalue weighted by Crippen LogP contribution is -2.07. The molecule has 0 aliphatic carbocycles. The first kappa shape index (κ1) is 11.5. The number of hydrogen-bond donors (Lipinski definition) is 1. The monoisotopic (exact) mass is 171 g/mol. The lowest BCUT2D eigenvalue weighted by Gasteiger charge is -2.05. The van der Waals surface area contributed by atoms with E-state index in [1.807, 2.05) is 27.0 Å². The van der Waals surface area contributed by atoms with Crippen LogP contribution in [-0.4, -0.2) is 20.2 Å². The molecule has 2 nitrogen and oxygen atoms in total. The normalized spacial score (nSPS) is 11.8. The van der Waals surface area contributed by atoms with E-state index in [0.717, 1.165) is 25.3 Å². The van der Waals surface area contributed by atoms with Crippen LogP contribution in [0.3, 0.4) is 0 Å². The highest BCUT2D eigenvalue weighted by atomic mass is 16.5. The summed E-state index contributed by atoms with van der Waals surface area (Å²) in [6, 6.07) is 0. The fourth-order valence-corrected chi connectivity index (χ4v) is 0.897. The van der Waals surface area contributed by atoms with E-state index >= 15 is 0 Å². The SMILES string of the molecule is C/C=C(\C)OCCCCCNC. The standard InChI is InChI=1S/C10H21NO/c1-4-10(2)12-9-7-5-6-8-11-3/h4,11H,5-9H2,1-3H3/b10-4+. The van der Waals surface area contributed by atoms with E-state index < -0.39 is 0 Å². The first-order valence-electron chi connectivity index (χ1n) is 4.71. The van der Waals surface area contributed by atoms with Crippen LogP contribution in [0.1, 0.15) is 33.1 Å². The van der Waals surface area contributed by atoms with Crippen molar-refractivity contribution in [2.24, 2.45) is 0 Å². The van der Waals surface area contributed by atoms with E-state index in [1.54, 1.807) is 0 Å². The molecule has 0 saturated heterocycles. The summed E-state index contributed by atoms with van der Waals surface area (Å²) < 4.78 is 5.41. The molecule has 0 saturated carbocycles. The molecule has 0 aromatic rings. The Kier molecular flexibility index (Phi) is 8.24. The number of rotatable bonds is 7. The zero-order valence-electron chi connectivity index (χ0n) is 8.52. The molecule has 0 unspecified atom stereocenters. The molecule has 0 aliphatic rings. The molecule has 0 atom stereocenters. The van der Waals surface area contributed by atoms with Gasteiger partial charge in [-0.1, -0.05) is 6.08 Å². The Balaban J connectivity index is 3.00. The second-order valence-electron chi connectivity index (χ2n) is 2.91. The molecule has 0 amide bonds. The third kappa shape index (κ3) is 7.61. The minimum absolute atomic E-state index is 0.861. The van der Waals surface area contributed by atoms with Gasteiger partial charge in [0.2, 0.25) is 0 Å². The van der Waals surface area contributed by atoms with Crippen LogP contribution in [0.2, 0.25) is 0 Å². The van der Waals surface area contributed by atoms with Crippen molar-refractivity contribution in [3.63, 3.8) is 0 Å². The summed E-state index contributed by atoms with van der Waals surface area (Å²) in [6.07, 6.45) is 5.65. The minimum atomic E-state index is 0.861. The molecule has 0 bridgehead atoms. The zero-order valence-corrected chi connectivity index (χ0v) is 8.52. The van der Waals surface area contributed by atoms with Crippen molar-refractivity contribution in [2.75, 3.05) is 20.2 Å². The van der Waals surface area contributed by atoms with Gasteiger partial charge in [0.05, 0.1) is 12.4 Å². The summed E-state index contributed by atoms with van der Waals surface area (Å²) in [5, 5.41) is 3.13. The van der Waals surface area contributed by atoms with Crippen LogP contribution in [0.25, 0.3) is 0 Å². The van der Waals surface area contributed by atoms with Gasteiger partial charge in [0, 0.05) is 0 Å². The lowest BCUT2D eigenvalue weighted by molar-refractivity contribution is 0.206. The Morgan fingerprint density at radius 1 is 1.33 bits per heavy atom. The van der Waals surface area contributed by atoms with Gasteiger partial charge in [0.25, 0.3) is 0 Å². The molecule has 0 rings (SSSR count). The highest BCUT2D eigenvalue weighted by Gasteiger charge is 1.89. The molecule has 0 spiro atoms. The summed E-state index contributed by atoms with van der Waals surface area (Å²) in [7, 11) is 1.99. The van der Waals surface area contributed by atoms with Crippen LogP contribution in [0.5, 0.6) is 0 Å². The Bertz CT molecular complexity index is 121. The van der Waals surface area contributed by atoms with Crippen molar-refractivity contribution in [1.29, 1.82) is 0 Å². The first-order valence-corrected chi connectivity index (χ1v) is 4.71. The minimum Gasteiger partial charge on any atom is -0.499 e. The van der Waals surface area contributed by atoms with Gasteiger partial charge in [-0.2, -0.15) is 0 Å². The molecule has 0 aromatic heterocycles. The van der Waals surface area contributed by atoms with E-state index in [0.29, 0.717) is 0 Å². The Morgan fingerprint density at radius 3 is 2.67 bits per heavy atom. The van der Waals surface area contributed by atoms with Gasteiger partial charge < -0.3 is 10.1 Å². The number of allylic oxidation sites excluding steroid dienone is 2. The summed E-state index contributed by atoms with van der Waals surface area (Å²) in [5.41, 5.74) is 0. The van der Waals surface area contributed by atoms with Crippen LogP contribution in [0.4, 0.5) is 0 Å². The molecule has 0 aromatic carbocycles. The van der Waals surface area contributed by atoms with Gasteiger partial charge >= 0.3 is 0 Å². The van der Waals surface area contributed by atoms with Gasteiger partial charge in [0.15, 0.2) is 0 Å². The fourth-order valence-electron chi connectivity index (χ4n) is 0.897. The molecular weight excluding hydrogens is 150 g/mol. The fraction of sp³-hybridized carbons (Fsp3) is 0.800. The average molecular weight is 171 g/mol. The van der Waals surface area contributed by atoms with Crippen molar-refractivity contribution in [1.82, 2.24) is 5.32 Å². The molecule has 0 radical (unpaired) electrons. The van der Waals surface area contributed by atoms with Gasteiger partial charge in [-0.3, -0.25) is 0 Å². The van der Waals surface area contributed by atoms with Crippen molar-refractivity contribution >= 4 is 0 Å². The molecule has 0 aliphatic heterocycles. The molecule has 72 valence electrons. The second kappa shape index (κ2) is 8.60. The first-order chi connectivity index (χ1) is 5.81. The highest BCUT2D eigenvalue weighted by molar-refractivity contribution is 4.83. The number of unbranched alkanes of at least 4 members (excludes halogenated alkanes) is 2. The second-order valence-corrected chi connectivity index (χ2v) is 2.91. The molecule has 0 fully saturated rings. The van der Waals surface area contributed by atoms with E-state index in [2.05, 4.69) is 5.32 Å². The average Bonchev–Trinajstić information content (AvgIpc) is 2.10. The van der Waals surface area contributed by atoms with Crippen molar-refractivity contribution in [3.05, 3.63) is 11.8 Å². The van der Waals surface area contributed by atoms with E-state index in [1.165, 1.54) is 12.8 Å².